The zero-order chi connectivity index (χ0) is 26.5. The first-order valence-electron chi connectivity index (χ1n) is 16.7. The van der Waals surface area contributed by atoms with E-state index in [-0.39, 0.29) is 0 Å². The highest BCUT2D eigenvalue weighted by Gasteiger charge is 2.59. The van der Waals surface area contributed by atoms with Crippen LogP contribution in [0.2, 0.25) is 0 Å². The Hall–Kier alpha value is 0.0500. The predicted molar refractivity (Wildman–Crippen MR) is 164 cm³/mol. The number of unbranched alkanes of at least 4 members (excludes halogenated alkanes) is 5. The zero-order valence-corrected chi connectivity index (χ0v) is 26.3. The highest BCUT2D eigenvalue weighted by molar-refractivity contribution is 7.80. The van der Waals surface area contributed by atoms with Crippen molar-refractivity contribution in [1.29, 1.82) is 0 Å². The largest absolute Gasteiger partial charge is 0.378 e. The van der Waals surface area contributed by atoms with Gasteiger partial charge in [0.25, 0.3) is 0 Å². The molecule has 4 aliphatic rings. The van der Waals surface area contributed by atoms with Crippen molar-refractivity contribution >= 4 is 12.6 Å². The standard InChI is InChI=1S/C35H62OS/c1-26(2)13-12-14-27(3)31-17-18-32-30-16-15-28-25-29(36-23-10-8-6-7-9-11-24-37)19-21-34(28,4)33(30)20-22-35(31,32)5/h15,26-27,29-33,37H,6-14,16-25H2,1-5H3/t27?,29-,30?,31?,32?,33?,34?,35?/m0/s1. The highest BCUT2D eigenvalue weighted by Crippen LogP contribution is 2.67. The summed E-state index contributed by atoms with van der Waals surface area (Å²) in [5, 5.41) is 0. The molecule has 4 rings (SSSR count). The van der Waals surface area contributed by atoms with Crippen LogP contribution < -0.4 is 0 Å². The Morgan fingerprint density at radius 2 is 1.62 bits per heavy atom. The monoisotopic (exact) mass is 530 g/mol. The lowest BCUT2D eigenvalue weighted by atomic mass is 9.47. The second-order valence-electron chi connectivity index (χ2n) is 14.9. The maximum absolute atomic E-state index is 6.46. The van der Waals surface area contributed by atoms with Crippen LogP contribution in [-0.4, -0.2) is 18.5 Å². The first kappa shape index (κ1) is 30.0. The van der Waals surface area contributed by atoms with Crippen LogP contribution in [0.25, 0.3) is 0 Å². The van der Waals surface area contributed by atoms with E-state index in [0.29, 0.717) is 16.9 Å². The SMILES string of the molecule is CC(C)CCCC(C)C1CCC2C3CC=C4C[C@@H](OCCCCCCCCS)CCC4(C)C3CCC12C. The van der Waals surface area contributed by atoms with E-state index in [2.05, 4.69) is 53.3 Å². The average Bonchev–Trinajstić information content (AvgIpc) is 3.22. The number of hydrogen-bond donors (Lipinski definition) is 1. The first-order chi connectivity index (χ1) is 17.8. The van der Waals surface area contributed by atoms with Crippen molar-refractivity contribution in [3.8, 4) is 0 Å². The third-order valence-corrected chi connectivity index (χ3v) is 12.5. The lowest BCUT2D eigenvalue weighted by Crippen LogP contribution is -2.51. The van der Waals surface area contributed by atoms with Gasteiger partial charge in [-0.25, -0.2) is 0 Å². The molecule has 37 heavy (non-hydrogen) atoms. The summed E-state index contributed by atoms with van der Waals surface area (Å²) in [6.45, 7) is 13.8. The van der Waals surface area contributed by atoms with Gasteiger partial charge in [0.2, 0.25) is 0 Å². The third kappa shape index (κ3) is 6.86. The zero-order valence-electron chi connectivity index (χ0n) is 25.4. The van der Waals surface area contributed by atoms with Crippen LogP contribution in [0.15, 0.2) is 11.6 Å². The summed E-state index contributed by atoms with van der Waals surface area (Å²) in [6.07, 6.45) is 26.7. The van der Waals surface area contributed by atoms with E-state index in [1.165, 1.54) is 109 Å². The third-order valence-electron chi connectivity index (χ3n) is 12.2. The molecule has 0 bridgehead atoms. The lowest BCUT2D eigenvalue weighted by Gasteiger charge is -2.58. The summed E-state index contributed by atoms with van der Waals surface area (Å²) in [5.74, 6) is 6.63. The summed E-state index contributed by atoms with van der Waals surface area (Å²) >= 11 is 4.32. The van der Waals surface area contributed by atoms with Gasteiger partial charge < -0.3 is 4.74 Å². The Bertz CT molecular complexity index is 729. The van der Waals surface area contributed by atoms with Gasteiger partial charge in [0.05, 0.1) is 6.10 Å². The minimum atomic E-state index is 0.456. The Labute approximate surface area is 237 Å². The predicted octanol–water partition coefficient (Wildman–Crippen LogP) is 10.7. The Kier molecular flexibility index (Phi) is 11.0. The summed E-state index contributed by atoms with van der Waals surface area (Å²) in [4.78, 5) is 0. The molecule has 0 radical (unpaired) electrons. The number of allylic oxidation sites excluding steroid dienone is 1. The molecule has 0 spiro atoms. The molecule has 2 heteroatoms. The van der Waals surface area contributed by atoms with Crippen LogP contribution in [0.4, 0.5) is 0 Å². The Morgan fingerprint density at radius 1 is 0.865 bits per heavy atom. The maximum Gasteiger partial charge on any atom is 0.0612 e. The van der Waals surface area contributed by atoms with Crippen molar-refractivity contribution < 1.29 is 4.74 Å². The van der Waals surface area contributed by atoms with Gasteiger partial charge in [-0.3, -0.25) is 0 Å². The van der Waals surface area contributed by atoms with Gasteiger partial charge >= 0.3 is 0 Å². The molecule has 8 atom stereocenters. The number of thiol groups is 1. The first-order valence-corrected chi connectivity index (χ1v) is 17.3. The van der Waals surface area contributed by atoms with Gasteiger partial charge in [-0.05, 0) is 116 Å². The van der Waals surface area contributed by atoms with Gasteiger partial charge in [-0.15, -0.1) is 0 Å². The molecule has 0 saturated heterocycles. The molecule has 0 aromatic carbocycles. The molecule has 4 aliphatic carbocycles. The average molecular weight is 531 g/mol. The second kappa shape index (κ2) is 13.6. The molecule has 7 unspecified atom stereocenters. The molecule has 0 N–H and O–H groups in total. The fourth-order valence-corrected chi connectivity index (χ4v) is 10.2. The lowest BCUT2D eigenvalue weighted by molar-refractivity contribution is -0.0641. The van der Waals surface area contributed by atoms with Crippen molar-refractivity contribution in [3.63, 3.8) is 0 Å². The number of ether oxygens (including phenoxy) is 1. The smallest absolute Gasteiger partial charge is 0.0612 e. The highest BCUT2D eigenvalue weighted by atomic mass is 32.1. The molecule has 0 amide bonds. The maximum atomic E-state index is 6.46. The Balaban J connectivity index is 1.29. The van der Waals surface area contributed by atoms with E-state index in [1.807, 2.05) is 0 Å². The quantitative estimate of drug-likeness (QED) is 0.133. The molecule has 0 aromatic rings. The van der Waals surface area contributed by atoms with E-state index in [1.54, 1.807) is 5.57 Å². The topological polar surface area (TPSA) is 9.23 Å². The Morgan fingerprint density at radius 3 is 2.38 bits per heavy atom. The molecule has 1 nitrogen and oxygen atoms in total. The van der Waals surface area contributed by atoms with Crippen LogP contribution in [0.3, 0.4) is 0 Å². The van der Waals surface area contributed by atoms with Crippen molar-refractivity contribution in [1.82, 2.24) is 0 Å². The minimum Gasteiger partial charge on any atom is -0.378 e. The molecule has 0 aliphatic heterocycles. The van der Waals surface area contributed by atoms with Gasteiger partial charge in [0.15, 0.2) is 0 Å². The minimum absolute atomic E-state index is 0.456. The fourth-order valence-electron chi connectivity index (χ4n) is 9.97. The second-order valence-corrected chi connectivity index (χ2v) is 15.3. The van der Waals surface area contributed by atoms with Gasteiger partial charge in [-0.1, -0.05) is 91.2 Å². The van der Waals surface area contributed by atoms with E-state index in [0.717, 1.165) is 47.9 Å². The van der Waals surface area contributed by atoms with Crippen LogP contribution in [-0.2, 0) is 4.74 Å². The van der Waals surface area contributed by atoms with Gasteiger partial charge in [0, 0.05) is 6.61 Å². The molecule has 0 aromatic heterocycles. The molecular formula is C35H62OS. The summed E-state index contributed by atoms with van der Waals surface area (Å²) in [5.41, 5.74) is 2.85. The molecular weight excluding hydrogens is 468 g/mol. The van der Waals surface area contributed by atoms with Crippen molar-refractivity contribution in [2.24, 2.45) is 46.3 Å². The fraction of sp³-hybridized carbons (Fsp3) is 0.943. The van der Waals surface area contributed by atoms with Crippen molar-refractivity contribution in [3.05, 3.63) is 11.6 Å². The molecule has 3 fully saturated rings. The number of fused-ring (bicyclic) bond motifs is 5. The van der Waals surface area contributed by atoms with Gasteiger partial charge in [0.1, 0.15) is 0 Å². The van der Waals surface area contributed by atoms with E-state index >= 15 is 0 Å². The normalized spacial score (nSPS) is 38.1. The molecule has 3 saturated carbocycles. The number of hydrogen-bond acceptors (Lipinski definition) is 2. The summed E-state index contributed by atoms with van der Waals surface area (Å²) in [7, 11) is 0. The van der Waals surface area contributed by atoms with E-state index in [4.69, 9.17) is 4.74 Å². The van der Waals surface area contributed by atoms with Crippen LogP contribution in [0.1, 0.15) is 144 Å². The van der Waals surface area contributed by atoms with E-state index < -0.39 is 0 Å². The van der Waals surface area contributed by atoms with Crippen LogP contribution in [0.5, 0.6) is 0 Å². The molecule has 214 valence electrons. The number of rotatable bonds is 14. The summed E-state index contributed by atoms with van der Waals surface area (Å²) in [6, 6.07) is 0. The van der Waals surface area contributed by atoms with Crippen molar-refractivity contribution in [2.75, 3.05) is 12.4 Å². The molecule has 0 heterocycles. The van der Waals surface area contributed by atoms with Crippen LogP contribution >= 0.6 is 12.6 Å². The summed E-state index contributed by atoms with van der Waals surface area (Å²) < 4.78 is 6.46. The van der Waals surface area contributed by atoms with Gasteiger partial charge in [-0.2, -0.15) is 12.6 Å². The van der Waals surface area contributed by atoms with E-state index in [9.17, 15) is 0 Å². The van der Waals surface area contributed by atoms with Crippen LogP contribution in [0, 0.1) is 46.3 Å². The van der Waals surface area contributed by atoms with Crippen molar-refractivity contribution in [2.45, 2.75) is 150 Å².